The molecule has 0 radical (unpaired) electrons. The maximum absolute atomic E-state index is 14.8. The molecule has 0 aromatic heterocycles. The standard InChI is InChI=1S/C28H24F9NO3/c1-16(27(33,34)35)10-24(39)38-26(15-17-6-4-3-5-7-17,18-8-9-22(30)23(13-18)40-2)19-11-20(29)14-21(12-19)41-28(36,37)25(31)32/h3-9,11-14,16,25H,10,15H2,1-2H3,(H,38,39). The summed E-state index contributed by atoms with van der Waals surface area (Å²) in [5.74, 6) is -6.84. The Bertz CT molecular complexity index is 1350. The number of carbonyl (C=O) groups is 1. The lowest BCUT2D eigenvalue weighted by Crippen LogP contribution is -2.49. The SMILES string of the molecule is COc1cc(C(Cc2ccccc2)(NC(=O)CC(C)C(F)(F)F)c2cc(F)cc(OC(F)(F)C(F)F)c2)ccc1F. The summed E-state index contributed by atoms with van der Waals surface area (Å²) in [6.45, 7) is 0.764. The second-order valence-corrected chi connectivity index (χ2v) is 9.25. The summed E-state index contributed by atoms with van der Waals surface area (Å²) in [5.41, 5.74) is -2.07. The predicted molar refractivity (Wildman–Crippen MR) is 130 cm³/mol. The Kier molecular flexibility index (Phi) is 9.50. The van der Waals surface area contributed by atoms with Crippen molar-refractivity contribution in [2.45, 2.75) is 44.0 Å². The van der Waals surface area contributed by atoms with Crippen LogP contribution < -0.4 is 14.8 Å². The van der Waals surface area contributed by atoms with E-state index in [-0.39, 0.29) is 23.3 Å². The molecule has 1 N–H and O–H groups in total. The van der Waals surface area contributed by atoms with Crippen LogP contribution in [0.15, 0.2) is 66.7 Å². The molecule has 0 spiro atoms. The summed E-state index contributed by atoms with van der Waals surface area (Å²) in [7, 11) is 1.12. The highest BCUT2D eigenvalue weighted by Crippen LogP contribution is 2.40. The van der Waals surface area contributed by atoms with E-state index in [0.29, 0.717) is 11.6 Å². The van der Waals surface area contributed by atoms with Crippen LogP contribution in [0, 0.1) is 17.6 Å². The largest absolute Gasteiger partial charge is 0.494 e. The van der Waals surface area contributed by atoms with Gasteiger partial charge in [-0.1, -0.05) is 43.3 Å². The summed E-state index contributed by atoms with van der Waals surface area (Å²) in [5, 5.41) is 2.45. The molecule has 3 rings (SSSR count). The molecule has 0 fully saturated rings. The van der Waals surface area contributed by atoms with Crippen molar-refractivity contribution in [3.63, 3.8) is 0 Å². The summed E-state index contributed by atoms with van der Waals surface area (Å²) < 4.78 is 131. The van der Waals surface area contributed by atoms with Crippen molar-refractivity contribution in [1.29, 1.82) is 0 Å². The second-order valence-electron chi connectivity index (χ2n) is 9.25. The Hall–Kier alpha value is -3.90. The highest BCUT2D eigenvalue weighted by Gasteiger charge is 2.45. The number of amides is 1. The molecule has 41 heavy (non-hydrogen) atoms. The van der Waals surface area contributed by atoms with Crippen LogP contribution in [0.25, 0.3) is 0 Å². The highest BCUT2D eigenvalue weighted by atomic mass is 19.4. The number of hydrogen-bond acceptors (Lipinski definition) is 3. The molecular formula is C28H24F9NO3. The Morgan fingerprint density at radius 3 is 2.15 bits per heavy atom. The number of carbonyl (C=O) groups excluding carboxylic acids is 1. The Balaban J connectivity index is 2.30. The minimum atomic E-state index is -5.03. The van der Waals surface area contributed by atoms with Crippen LogP contribution in [0.5, 0.6) is 11.5 Å². The van der Waals surface area contributed by atoms with Crippen LogP contribution in [0.4, 0.5) is 39.5 Å². The van der Waals surface area contributed by atoms with E-state index in [4.69, 9.17) is 4.74 Å². The molecular weight excluding hydrogens is 569 g/mol. The number of nitrogens with one attached hydrogen (secondary N) is 1. The molecule has 1 amide bonds. The van der Waals surface area contributed by atoms with Crippen LogP contribution in [0.2, 0.25) is 0 Å². The zero-order valence-corrected chi connectivity index (χ0v) is 21.5. The predicted octanol–water partition coefficient (Wildman–Crippen LogP) is 7.40. The zero-order chi connectivity index (χ0) is 30.6. The van der Waals surface area contributed by atoms with Crippen molar-refractivity contribution >= 4 is 5.91 Å². The van der Waals surface area contributed by atoms with Crippen molar-refractivity contribution in [1.82, 2.24) is 5.32 Å². The van der Waals surface area contributed by atoms with E-state index >= 15 is 0 Å². The Morgan fingerprint density at radius 2 is 1.56 bits per heavy atom. The molecule has 0 saturated heterocycles. The van der Waals surface area contributed by atoms with E-state index in [0.717, 1.165) is 44.4 Å². The van der Waals surface area contributed by atoms with E-state index < -0.39 is 59.9 Å². The van der Waals surface area contributed by atoms with Crippen molar-refractivity contribution < 1.29 is 53.8 Å². The first kappa shape index (κ1) is 31.6. The third-order valence-corrected chi connectivity index (χ3v) is 6.23. The Labute approximate surface area is 229 Å². The first-order chi connectivity index (χ1) is 19.1. The molecule has 4 nitrogen and oxygen atoms in total. The number of halogens is 9. The van der Waals surface area contributed by atoms with Gasteiger partial charge in [-0.3, -0.25) is 4.79 Å². The van der Waals surface area contributed by atoms with E-state index in [9.17, 15) is 44.3 Å². The molecule has 3 aromatic rings. The van der Waals surface area contributed by atoms with E-state index in [1.54, 1.807) is 30.3 Å². The lowest BCUT2D eigenvalue weighted by atomic mass is 9.77. The Morgan fingerprint density at radius 1 is 0.902 bits per heavy atom. The second kappa shape index (κ2) is 12.3. The fourth-order valence-electron chi connectivity index (χ4n) is 4.14. The molecule has 13 heteroatoms. The average molecular weight is 593 g/mol. The monoisotopic (exact) mass is 593 g/mol. The third-order valence-electron chi connectivity index (χ3n) is 6.23. The lowest BCUT2D eigenvalue weighted by Gasteiger charge is -2.37. The van der Waals surface area contributed by atoms with Gasteiger partial charge in [-0.25, -0.2) is 8.78 Å². The maximum atomic E-state index is 14.8. The van der Waals surface area contributed by atoms with Gasteiger partial charge in [-0.05, 0) is 41.0 Å². The van der Waals surface area contributed by atoms with Gasteiger partial charge in [0.05, 0.1) is 18.6 Å². The molecule has 2 atom stereocenters. The van der Waals surface area contributed by atoms with Gasteiger partial charge in [0.2, 0.25) is 5.91 Å². The topological polar surface area (TPSA) is 47.6 Å². The number of rotatable bonds is 11. The first-order valence-electron chi connectivity index (χ1n) is 12.0. The smallest absolute Gasteiger partial charge is 0.461 e. The van der Waals surface area contributed by atoms with Crippen LogP contribution >= 0.6 is 0 Å². The van der Waals surface area contributed by atoms with Crippen LogP contribution in [0.1, 0.15) is 30.0 Å². The van der Waals surface area contributed by atoms with Crippen molar-refractivity contribution in [2.75, 3.05) is 7.11 Å². The van der Waals surface area contributed by atoms with E-state index in [1.807, 2.05) is 0 Å². The van der Waals surface area contributed by atoms with Crippen LogP contribution in [0.3, 0.4) is 0 Å². The van der Waals surface area contributed by atoms with Gasteiger partial charge in [0.1, 0.15) is 11.6 Å². The average Bonchev–Trinajstić information content (AvgIpc) is 2.87. The van der Waals surface area contributed by atoms with Gasteiger partial charge in [-0.2, -0.15) is 30.7 Å². The summed E-state index contributed by atoms with van der Waals surface area (Å²) in [4.78, 5) is 13.1. The van der Waals surface area contributed by atoms with Gasteiger partial charge in [-0.15, -0.1) is 0 Å². The zero-order valence-electron chi connectivity index (χ0n) is 21.5. The van der Waals surface area contributed by atoms with Gasteiger partial charge in [0.25, 0.3) is 0 Å². The molecule has 2 unspecified atom stereocenters. The van der Waals surface area contributed by atoms with Crippen LogP contribution in [-0.2, 0) is 16.8 Å². The van der Waals surface area contributed by atoms with Crippen LogP contribution in [-0.4, -0.2) is 31.7 Å². The van der Waals surface area contributed by atoms with Gasteiger partial charge in [0, 0.05) is 18.9 Å². The van der Waals surface area contributed by atoms with E-state index in [2.05, 4.69) is 10.1 Å². The molecule has 3 aromatic carbocycles. The summed E-state index contributed by atoms with van der Waals surface area (Å²) in [6.07, 6.45) is -15.5. The van der Waals surface area contributed by atoms with E-state index in [1.165, 1.54) is 0 Å². The van der Waals surface area contributed by atoms with Gasteiger partial charge in [0.15, 0.2) is 11.6 Å². The normalized spacial score (nSPS) is 14.3. The molecule has 0 aliphatic rings. The molecule has 0 aliphatic heterocycles. The fourth-order valence-corrected chi connectivity index (χ4v) is 4.14. The van der Waals surface area contributed by atoms with Crippen molar-refractivity contribution in [2.24, 2.45) is 5.92 Å². The molecule has 0 aliphatic carbocycles. The number of ether oxygens (including phenoxy) is 2. The highest BCUT2D eigenvalue weighted by molar-refractivity contribution is 5.78. The van der Waals surface area contributed by atoms with Crippen molar-refractivity contribution in [3.05, 3.63) is 95.1 Å². The number of hydrogen-bond donors (Lipinski definition) is 1. The molecule has 0 heterocycles. The quantitative estimate of drug-likeness (QED) is 0.236. The molecule has 222 valence electrons. The third kappa shape index (κ3) is 7.65. The molecule has 0 saturated carbocycles. The number of alkyl halides is 7. The number of benzene rings is 3. The molecule has 0 bridgehead atoms. The lowest BCUT2D eigenvalue weighted by molar-refractivity contribution is -0.253. The fraction of sp³-hybridized carbons (Fsp3) is 0.321. The first-order valence-corrected chi connectivity index (χ1v) is 12.0. The maximum Gasteiger partial charge on any atom is 0.461 e. The minimum absolute atomic E-state index is 0.0511. The van der Waals surface area contributed by atoms with Crippen molar-refractivity contribution in [3.8, 4) is 11.5 Å². The van der Waals surface area contributed by atoms with Gasteiger partial charge >= 0.3 is 18.7 Å². The minimum Gasteiger partial charge on any atom is -0.494 e. The number of methoxy groups -OCH3 is 1. The van der Waals surface area contributed by atoms with Gasteiger partial charge < -0.3 is 14.8 Å². The summed E-state index contributed by atoms with van der Waals surface area (Å²) >= 11 is 0. The summed E-state index contributed by atoms with van der Waals surface area (Å²) in [6, 6.07) is 13.0.